The lowest BCUT2D eigenvalue weighted by atomic mass is 9.90. The molecule has 0 aliphatic heterocycles. The van der Waals surface area contributed by atoms with E-state index in [4.69, 9.17) is 0 Å². The number of nitrogens with zero attached hydrogens (tertiary/aromatic N) is 1. The lowest BCUT2D eigenvalue weighted by Crippen LogP contribution is -2.30. The summed E-state index contributed by atoms with van der Waals surface area (Å²) in [6.45, 7) is -0.0836. The minimum absolute atomic E-state index is 0.0836. The van der Waals surface area contributed by atoms with E-state index in [0.717, 1.165) is 50.5 Å². The third kappa shape index (κ3) is 8.68. The standard InChI is InChI=1S/C28H28BrF4N3O3S2/c1-41(38,39)36-23-12-10-18(15-22(23)30)25(17-6-5-7-20(29)14-17)26(37)34-16-19-11-13-24(28(31,32)33)35-27(19)40-21-8-3-2-4-9-21/h5-7,10-15,21,25,36H,2-4,8-9,16H2,1H3,(H,34,37). The number of rotatable bonds is 9. The number of alkyl halides is 3. The van der Waals surface area contributed by atoms with Crippen LogP contribution >= 0.6 is 27.7 Å². The molecule has 220 valence electrons. The number of halogens is 5. The summed E-state index contributed by atoms with van der Waals surface area (Å²) in [5.74, 6) is -2.37. The minimum Gasteiger partial charge on any atom is -0.351 e. The van der Waals surface area contributed by atoms with E-state index in [2.05, 4.69) is 31.0 Å². The first kappa shape index (κ1) is 31.3. The van der Waals surface area contributed by atoms with Crippen LogP contribution in [0.5, 0.6) is 0 Å². The Balaban J connectivity index is 1.63. The number of carbonyl (C=O) groups excluding carboxylic acids is 1. The number of aromatic nitrogens is 1. The Morgan fingerprint density at radius 2 is 1.78 bits per heavy atom. The van der Waals surface area contributed by atoms with Gasteiger partial charge in [-0.2, -0.15) is 13.2 Å². The molecule has 0 radical (unpaired) electrons. The molecule has 6 nitrogen and oxygen atoms in total. The molecule has 4 rings (SSSR count). The average Bonchev–Trinajstić information content (AvgIpc) is 2.89. The van der Waals surface area contributed by atoms with Crippen LogP contribution in [-0.2, 0) is 27.5 Å². The summed E-state index contributed by atoms with van der Waals surface area (Å²) in [7, 11) is -3.73. The predicted molar refractivity (Wildman–Crippen MR) is 155 cm³/mol. The molecular formula is C28H28BrF4N3O3S2. The number of nitrogens with one attached hydrogen (secondary N) is 2. The second kappa shape index (κ2) is 13.1. The molecular weight excluding hydrogens is 646 g/mol. The zero-order chi connectivity index (χ0) is 29.8. The van der Waals surface area contributed by atoms with Gasteiger partial charge in [-0.1, -0.05) is 59.5 Å². The molecule has 2 N–H and O–H groups in total. The van der Waals surface area contributed by atoms with Crippen LogP contribution in [0.15, 0.2) is 64.1 Å². The molecule has 1 aliphatic rings. The summed E-state index contributed by atoms with van der Waals surface area (Å²) >= 11 is 4.69. The monoisotopic (exact) mass is 673 g/mol. The number of carbonyl (C=O) groups is 1. The highest BCUT2D eigenvalue weighted by Crippen LogP contribution is 2.37. The van der Waals surface area contributed by atoms with Gasteiger partial charge in [0.2, 0.25) is 15.9 Å². The van der Waals surface area contributed by atoms with E-state index in [1.807, 2.05) is 0 Å². The van der Waals surface area contributed by atoms with Gasteiger partial charge in [0.25, 0.3) is 0 Å². The van der Waals surface area contributed by atoms with Crippen molar-refractivity contribution in [1.29, 1.82) is 0 Å². The summed E-state index contributed by atoms with van der Waals surface area (Å²) in [5, 5.41) is 3.17. The van der Waals surface area contributed by atoms with Gasteiger partial charge in [0, 0.05) is 21.8 Å². The molecule has 1 aromatic heterocycles. The van der Waals surface area contributed by atoms with Gasteiger partial charge in [0.1, 0.15) is 16.5 Å². The molecule has 1 unspecified atom stereocenters. The first-order valence-electron chi connectivity index (χ1n) is 12.8. The highest BCUT2D eigenvalue weighted by molar-refractivity contribution is 9.10. The number of hydrogen-bond acceptors (Lipinski definition) is 5. The van der Waals surface area contributed by atoms with E-state index in [1.54, 1.807) is 24.3 Å². The molecule has 41 heavy (non-hydrogen) atoms. The van der Waals surface area contributed by atoms with Crippen molar-refractivity contribution in [2.45, 2.75) is 61.0 Å². The van der Waals surface area contributed by atoms with E-state index in [9.17, 15) is 30.8 Å². The number of amides is 1. The molecule has 0 spiro atoms. The van der Waals surface area contributed by atoms with Gasteiger partial charge in [-0.3, -0.25) is 9.52 Å². The van der Waals surface area contributed by atoms with Crippen molar-refractivity contribution in [3.8, 4) is 0 Å². The van der Waals surface area contributed by atoms with Gasteiger partial charge < -0.3 is 5.32 Å². The number of anilines is 1. The van der Waals surface area contributed by atoms with Crippen molar-refractivity contribution >= 4 is 49.3 Å². The smallest absolute Gasteiger partial charge is 0.351 e. The van der Waals surface area contributed by atoms with E-state index in [-0.39, 0.29) is 28.1 Å². The third-order valence-corrected chi connectivity index (χ3v) is 9.04. The van der Waals surface area contributed by atoms with E-state index in [0.29, 0.717) is 15.6 Å². The van der Waals surface area contributed by atoms with Crippen LogP contribution in [0.3, 0.4) is 0 Å². The SMILES string of the molecule is CS(=O)(=O)Nc1ccc(C(C(=O)NCc2ccc(C(F)(F)F)nc2SC2CCCCC2)c2cccc(Br)c2)cc1F. The van der Waals surface area contributed by atoms with Crippen molar-refractivity contribution in [3.63, 3.8) is 0 Å². The second-order valence-electron chi connectivity index (χ2n) is 9.86. The van der Waals surface area contributed by atoms with Gasteiger partial charge in [-0.05, 0) is 54.3 Å². The van der Waals surface area contributed by atoms with Crippen LogP contribution in [0.4, 0.5) is 23.2 Å². The lowest BCUT2D eigenvalue weighted by Gasteiger charge is -2.23. The molecule has 1 saturated carbocycles. The van der Waals surface area contributed by atoms with Gasteiger partial charge in [0.05, 0.1) is 17.9 Å². The fourth-order valence-electron chi connectivity index (χ4n) is 4.66. The number of sulfonamides is 1. The normalized spacial score (nSPS) is 15.4. The molecule has 13 heteroatoms. The molecule has 0 bridgehead atoms. The van der Waals surface area contributed by atoms with Crippen LogP contribution in [0.1, 0.15) is 60.4 Å². The Bertz CT molecular complexity index is 1510. The highest BCUT2D eigenvalue weighted by Gasteiger charge is 2.34. The van der Waals surface area contributed by atoms with Crippen LogP contribution in [0.2, 0.25) is 0 Å². The lowest BCUT2D eigenvalue weighted by molar-refractivity contribution is -0.141. The molecule has 2 aromatic carbocycles. The van der Waals surface area contributed by atoms with Crippen LogP contribution in [-0.4, -0.2) is 30.8 Å². The molecule has 0 saturated heterocycles. The third-order valence-electron chi connectivity index (χ3n) is 6.58. The van der Waals surface area contributed by atoms with E-state index in [1.165, 1.54) is 30.0 Å². The van der Waals surface area contributed by atoms with Gasteiger partial charge in [0.15, 0.2) is 0 Å². The zero-order valence-electron chi connectivity index (χ0n) is 22.0. The highest BCUT2D eigenvalue weighted by atomic mass is 79.9. The van der Waals surface area contributed by atoms with Crippen molar-refractivity contribution in [3.05, 3.63) is 87.3 Å². The van der Waals surface area contributed by atoms with Crippen molar-refractivity contribution in [2.75, 3.05) is 11.0 Å². The average molecular weight is 675 g/mol. The Hall–Kier alpha value is -2.64. The van der Waals surface area contributed by atoms with Gasteiger partial charge in [-0.15, -0.1) is 11.8 Å². The first-order chi connectivity index (χ1) is 19.3. The number of thioether (sulfide) groups is 1. The second-order valence-corrected chi connectivity index (χ2v) is 13.8. The molecule has 1 atom stereocenters. The van der Waals surface area contributed by atoms with E-state index < -0.39 is 39.5 Å². The number of hydrogen-bond donors (Lipinski definition) is 2. The molecule has 1 heterocycles. The topological polar surface area (TPSA) is 88.2 Å². The first-order valence-corrected chi connectivity index (χ1v) is 16.4. The summed E-state index contributed by atoms with van der Waals surface area (Å²) in [4.78, 5) is 17.5. The van der Waals surface area contributed by atoms with E-state index >= 15 is 0 Å². The van der Waals surface area contributed by atoms with Crippen LogP contribution < -0.4 is 10.0 Å². The van der Waals surface area contributed by atoms with Crippen LogP contribution in [0, 0.1) is 5.82 Å². The molecule has 1 amide bonds. The van der Waals surface area contributed by atoms with Crippen LogP contribution in [0.25, 0.3) is 0 Å². The summed E-state index contributed by atoms with van der Waals surface area (Å²) < 4.78 is 81.1. The largest absolute Gasteiger partial charge is 0.433 e. The maximum absolute atomic E-state index is 14.9. The fraction of sp³-hybridized carbons (Fsp3) is 0.357. The Kier molecular flexibility index (Phi) is 10.0. The van der Waals surface area contributed by atoms with Crippen molar-refractivity contribution in [2.24, 2.45) is 0 Å². The minimum atomic E-state index is -4.60. The number of benzene rings is 2. The predicted octanol–water partition coefficient (Wildman–Crippen LogP) is 7.25. The Morgan fingerprint density at radius 1 is 1.07 bits per heavy atom. The molecule has 3 aromatic rings. The Labute approximate surface area is 248 Å². The summed E-state index contributed by atoms with van der Waals surface area (Å²) in [5.41, 5.74) is -0.00299. The van der Waals surface area contributed by atoms with Gasteiger partial charge in [-0.25, -0.2) is 17.8 Å². The summed E-state index contributed by atoms with van der Waals surface area (Å²) in [6.07, 6.45) is 1.17. The number of pyridine rings is 1. The maximum Gasteiger partial charge on any atom is 0.433 e. The van der Waals surface area contributed by atoms with Crippen molar-refractivity contribution < 1.29 is 30.8 Å². The van der Waals surface area contributed by atoms with Gasteiger partial charge >= 0.3 is 6.18 Å². The fourth-order valence-corrected chi connectivity index (χ4v) is 6.97. The molecule has 1 aliphatic carbocycles. The zero-order valence-corrected chi connectivity index (χ0v) is 25.2. The quantitative estimate of drug-likeness (QED) is 0.234. The van der Waals surface area contributed by atoms with Crippen molar-refractivity contribution in [1.82, 2.24) is 10.3 Å². The molecule has 1 fully saturated rings. The Morgan fingerprint density at radius 3 is 2.41 bits per heavy atom. The summed E-state index contributed by atoms with van der Waals surface area (Å²) in [6, 6.07) is 12.9. The maximum atomic E-state index is 14.9.